The molecule has 0 spiro atoms. The number of hydrogen-bond acceptors (Lipinski definition) is 5. The number of rotatable bonds is 4. The molecule has 0 unspecified atom stereocenters. The van der Waals surface area contributed by atoms with Gasteiger partial charge in [-0.2, -0.15) is 0 Å². The molecule has 18 heavy (non-hydrogen) atoms. The van der Waals surface area contributed by atoms with Gasteiger partial charge in [-0.05, 0) is 24.3 Å². The van der Waals surface area contributed by atoms with Crippen LogP contribution in [-0.4, -0.2) is 18.1 Å². The Balaban J connectivity index is 1.96. The van der Waals surface area contributed by atoms with E-state index >= 15 is 0 Å². The predicted octanol–water partition coefficient (Wildman–Crippen LogP) is 3.88. The van der Waals surface area contributed by atoms with Gasteiger partial charge < -0.3 is 4.74 Å². The molecular weight excluding hydrogens is 290 g/mol. The van der Waals surface area contributed by atoms with Gasteiger partial charge in [0.15, 0.2) is 0 Å². The second-order valence-electron chi connectivity index (χ2n) is 3.35. The van der Waals surface area contributed by atoms with Crippen LogP contribution in [0, 0.1) is 0 Å². The third kappa shape index (κ3) is 3.48. The first-order valence-corrected chi connectivity index (χ1v) is 7.28. The number of esters is 1. The normalized spacial score (nSPS) is 10.3. The Morgan fingerprint density at radius 1 is 1.44 bits per heavy atom. The van der Waals surface area contributed by atoms with Gasteiger partial charge in [0.2, 0.25) is 0 Å². The van der Waals surface area contributed by atoms with Crippen molar-refractivity contribution in [3.05, 3.63) is 45.4 Å². The summed E-state index contributed by atoms with van der Waals surface area (Å²) >= 11 is 8.82. The van der Waals surface area contributed by atoms with Crippen molar-refractivity contribution in [3.8, 4) is 0 Å². The molecule has 0 N–H and O–H groups in total. The summed E-state index contributed by atoms with van der Waals surface area (Å²) in [7, 11) is 1.37. The van der Waals surface area contributed by atoms with Crippen molar-refractivity contribution in [3.63, 3.8) is 0 Å². The van der Waals surface area contributed by atoms with Crippen LogP contribution in [0.5, 0.6) is 0 Å². The number of hydrogen-bond donors (Lipinski definition) is 0. The quantitative estimate of drug-likeness (QED) is 0.634. The van der Waals surface area contributed by atoms with Crippen LogP contribution in [-0.2, 0) is 10.5 Å². The van der Waals surface area contributed by atoms with Crippen molar-refractivity contribution >= 4 is 40.7 Å². The van der Waals surface area contributed by atoms with Gasteiger partial charge in [-0.1, -0.05) is 11.6 Å². The topological polar surface area (TPSA) is 39.2 Å². The first-order valence-electron chi connectivity index (χ1n) is 5.10. The number of nitrogens with zero attached hydrogens (tertiary/aromatic N) is 1. The maximum atomic E-state index is 11.3. The van der Waals surface area contributed by atoms with Gasteiger partial charge in [0, 0.05) is 9.92 Å². The lowest BCUT2D eigenvalue weighted by atomic mass is 10.4. The van der Waals surface area contributed by atoms with E-state index < -0.39 is 0 Å². The lowest BCUT2D eigenvalue weighted by Crippen LogP contribution is -1.96. The molecular formula is C12H10ClNO2S2. The largest absolute Gasteiger partial charge is 0.465 e. The molecule has 94 valence electrons. The molecule has 0 radical (unpaired) electrons. The number of benzene rings is 1. The summed E-state index contributed by atoms with van der Waals surface area (Å²) in [6, 6.07) is 7.63. The van der Waals surface area contributed by atoms with Gasteiger partial charge in [0.05, 0.1) is 19.1 Å². The van der Waals surface area contributed by atoms with Crippen molar-refractivity contribution in [1.82, 2.24) is 4.98 Å². The maximum Gasteiger partial charge on any atom is 0.349 e. The molecule has 1 aromatic carbocycles. The molecule has 0 aliphatic carbocycles. The van der Waals surface area contributed by atoms with Crippen LogP contribution in [0.2, 0.25) is 5.02 Å². The Morgan fingerprint density at radius 3 is 2.83 bits per heavy atom. The average Bonchev–Trinajstić information content (AvgIpc) is 2.86. The minimum atomic E-state index is -0.338. The predicted molar refractivity (Wildman–Crippen MR) is 74.5 cm³/mol. The molecule has 0 aliphatic rings. The smallest absolute Gasteiger partial charge is 0.349 e. The summed E-state index contributed by atoms with van der Waals surface area (Å²) in [5, 5.41) is 1.62. The number of methoxy groups -OCH3 is 1. The summed E-state index contributed by atoms with van der Waals surface area (Å²) in [6.07, 6.45) is 1.55. The zero-order valence-electron chi connectivity index (χ0n) is 9.55. The van der Waals surface area contributed by atoms with Gasteiger partial charge in [0.1, 0.15) is 9.88 Å². The summed E-state index contributed by atoms with van der Waals surface area (Å²) in [6.45, 7) is 0. The molecule has 0 atom stereocenters. The Bertz CT molecular complexity index is 539. The second-order valence-corrected chi connectivity index (χ2v) is 5.95. The van der Waals surface area contributed by atoms with Crippen LogP contribution in [0.15, 0.2) is 35.4 Å². The number of thiazole rings is 1. The van der Waals surface area contributed by atoms with E-state index in [1.54, 1.807) is 18.0 Å². The molecule has 0 fully saturated rings. The standard InChI is InChI=1S/C12H10ClNO2S2/c1-16-12(15)10-6-14-11(18-10)7-17-9-4-2-8(13)3-5-9/h2-6H,7H2,1H3. The van der Waals surface area contributed by atoms with Crippen LogP contribution in [0.25, 0.3) is 0 Å². The van der Waals surface area contributed by atoms with E-state index in [9.17, 15) is 4.79 Å². The SMILES string of the molecule is COC(=O)c1cnc(CSc2ccc(Cl)cc2)s1. The Hall–Kier alpha value is -1.04. The monoisotopic (exact) mass is 299 g/mol. The molecule has 2 rings (SSSR count). The lowest BCUT2D eigenvalue weighted by Gasteiger charge is -1.98. The number of carbonyl (C=O) groups is 1. The van der Waals surface area contributed by atoms with Crippen molar-refractivity contribution in [2.24, 2.45) is 0 Å². The number of thioether (sulfide) groups is 1. The van der Waals surface area contributed by atoms with Gasteiger partial charge in [-0.25, -0.2) is 9.78 Å². The van der Waals surface area contributed by atoms with E-state index in [0.717, 1.165) is 20.7 Å². The van der Waals surface area contributed by atoms with E-state index in [4.69, 9.17) is 11.6 Å². The molecule has 0 amide bonds. The van der Waals surface area contributed by atoms with E-state index in [1.807, 2.05) is 24.3 Å². The highest BCUT2D eigenvalue weighted by molar-refractivity contribution is 7.98. The van der Waals surface area contributed by atoms with E-state index in [1.165, 1.54) is 18.4 Å². The Labute approximate surface area is 118 Å². The minimum absolute atomic E-state index is 0.338. The van der Waals surface area contributed by atoms with Gasteiger partial charge in [-0.15, -0.1) is 23.1 Å². The van der Waals surface area contributed by atoms with Crippen molar-refractivity contribution in [1.29, 1.82) is 0 Å². The van der Waals surface area contributed by atoms with Crippen molar-refractivity contribution in [2.75, 3.05) is 7.11 Å². The second kappa shape index (κ2) is 6.22. The van der Waals surface area contributed by atoms with E-state index in [2.05, 4.69) is 9.72 Å². The zero-order chi connectivity index (χ0) is 13.0. The fourth-order valence-electron chi connectivity index (χ4n) is 1.25. The van der Waals surface area contributed by atoms with Crippen molar-refractivity contribution in [2.45, 2.75) is 10.6 Å². The maximum absolute atomic E-state index is 11.3. The molecule has 2 aromatic rings. The molecule has 1 aromatic heterocycles. The van der Waals surface area contributed by atoms with Gasteiger partial charge in [-0.3, -0.25) is 0 Å². The third-order valence-corrected chi connectivity index (χ3v) is 4.55. The molecule has 3 nitrogen and oxygen atoms in total. The summed E-state index contributed by atoms with van der Waals surface area (Å²) in [4.78, 5) is 17.1. The summed E-state index contributed by atoms with van der Waals surface area (Å²) in [5.74, 6) is 0.388. The molecule has 6 heteroatoms. The van der Waals surface area contributed by atoms with E-state index in [0.29, 0.717) is 4.88 Å². The molecule has 1 heterocycles. The number of ether oxygens (including phenoxy) is 1. The molecule has 0 aliphatic heterocycles. The summed E-state index contributed by atoms with van der Waals surface area (Å²) < 4.78 is 4.64. The van der Waals surface area contributed by atoms with Crippen LogP contribution in [0.3, 0.4) is 0 Å². The number of halogens is 1. The average molecular weight is 300 g/mol. The third-order valence-electron chi connectivity index (χ3n) is 2.12. The van der Waals surface area contributed by atoms with Crippen LogP contribution >= 0.6 is 34.7 Å². The van der Waals surface area contributed by atoms with Crippen molar-refractivity contribution < 1.29 is 9.53 Å². The minimum Gasteiger partial charge on any atom is -0.465 e. The molecule has 0 saturated carbocycles. The fourth-order valence-corrected chi connectivity index (χ4v) is 3.11. The first kappa shape index (κ1) is 13.4. The highest BCUT2D eigenvalue weighted by Gasteiger charge is 2.10. The van der Waals surface area contributed by atoms with Gasteiger partial charge >= 0.3 is 5.97 Å². The van der Waals surface area contributed by atoms with Crippen LogP contribution in [0.1, 0.15) is 14.7 Å². The highest BCUT2D eigenvalue weighted by Crippen LogP contribution is 2.26. The number of aromatic nitrogens is 1. The van der Waals surface area contributed by atoms with Crippen LogP contribution < -0.4 is 0 Å². The molecule has 0 saturated heterocycles. The Kier molecular flexibility index (Phi) is 4.63. The fraction of sp³-hybridized carbons (Fsp3) is 0.167. The van der Waals surface area contributed by atoms with Crippen LogP contribution in [0.4, 0.5) is 0 Å². The Morgan fingerprint density at radius 2 is 2.17 bits per heavy atom. The number of carbonyl (C=O) groups excluding carboxylic acids is 1. The summed E-state index contributed by atoms with van der Waals surface area (Å²) in [5.41, 5.74) is 0. The zero-order valence-corrected chi connectivity index (χ0v) is 11.9. The lowest BCUT2D eigenvalue weighted by molar-refractivity contribution is 0.0606. The molecule has 0 bridgehead atoms. The van der Waals surface area contributed by atoms with Gasteiger partial charge in [0.25, 0.3) is 0 Å². The first-order chi connectivity index (χ1) is 8.69. The van der Waals surface area contributed by atoms with E-state index in [-0.39, 0.29) is 5.97 Å². The highest BCUT2D eigenvalue weighted by atomic mass is 35.5.